The van der Waals surface area contributed by atoms with Crippen molar-refractivity contribution in [1.82, 2.24) is 0 Å². The zero-order chi connectivity index (χ0) is 15.0. The Morgan fingerprint density at radius 3 is 2.71 bits per heavy atom. The second kappa shape index (κ2) is 5.42. The van der Waals surface area contributed by atoms with E-state index in [-0.39, 0.29) is 0 Å². The number of hydrogen-bond donors (Lipinski definition) is 1. The Kier molecular flexibility index (Phi) is 3.60. The van der Waals surface area contributed by atoms with Crippen LogP contribution in [0.15, 0.2) is 46.9 Å². The first-order valence-corrected chi connectivity index (χ1v) is 6.98. The van der Waals surface area contributed by atoms with E-state index < -0.39 is 6.04 Å². The maximum atomic E-state index is 8.95. The summed E-state index contributed by atoms with van der Waals surface area (Å²) in [5.74, 6) is 0.573. The quantitative estimate of drug-likeness (QED) is 0.747. The highest BCUT2D eigenvalue weighted by molar-refractivity contribution is 6.38. The lowest BCUT2D eigenvalue weighted by atomic mass is 10.0. The Labute approximate surface area is 131 Å². The largest absolute Gasteiger partial charge is 0.457 e. The Morgan fingerprint density at radius 2 is 1.95 bits per heavy atom. The molecule has 3 aromatic rings. The molecule has 0 spiro atoms. The van der Waals surface area contributed by atoms with Crippen LogP contribution in [-0.2, 0) is 0 Å². The lowest BCUT2D eigenvalue weighted by molar-refractivity contribution is 0.525. The molecule has 1 aromatic heterocycles. The van der Waals surface area contributed by atoms with Gasteiger partial charge in [0.05, 0.1) is 22.7 Å². The van der Waals surface area contributed by atoms with Crippen LogP contribution >= 0.6 is 23.2 Å². The van der Waals surface area contributed by atoms with Crippen LogP contribution in [0.4, 0.5) is 0 Å². The Bertz CT molecular complexity index is 864. The highest BCUT2D eigenvalue weighted by Gasteiger charge is 2.16. The summed E-state index contributed by atoms with van der Waals surface area (Å²) >= 11 is 12.1. The van der Waals surface area contributed by atoms with Crippen LogP contribution in [0.3, 0.4) is 0 Å². The number of hydrogen-bond acceptors (Lipinski definition) is 3. The molecule has 1 atom stereocenters. The third-order valence-corrected chi connectivity index (χ3v) is 3.74. The van der Waals surface area contributed by atoms with Crippen LogP contribution in [0.25, 0.3) is 11.0 Å². The van der Waals surface area contributed by atoms with Gasteiger partial charge in [0.25, 0.3) is 0 Å². The molecule has 0 amide bonds. The van der Waals surface area contributed by atoms with Crippen LogP contribution in [0.5, 0.6) is 0 Å². The highest BCUT2D eigenvalue weighted by Crippen LogP contribution is 2.33. The van der Waals surface area contributed by atoms with Gasteiger partial charge in [-0.1, -0.05) is 35.3 Å². The summed E-state index contributed by atoms with van der Waals surface area (Å²) in [6.07, 6.45) is 0. The molecule has 1 heterocycles. The van der Waals surface area contributed by atoms with E-state index in [0.717, 1.165) is 10.9 Å². The minimum atomic E-state index is -0.472. The third kappa shape index (κ3) is 2.62. The average Bonchev–Trinajstić information content (AvgIpc) is 2.90. The predicted molar refractivity (Wildman–Crippen MR) is 83.4 cm³/mol. The monoisotopic (exact) mass is 316 g/mol. The van der Waals surface area contributed by atoms with Gasteiger partial charge in [-0.3, -0.25) is 0 Å². The zero-order valence-electron chi connectivity index (χ0n) is 10.8. The number of furan rings is 1. The predicted octanol–water partition coefficient (Wildman–Crippen LogP) is 4.66. The Hall–Kier alpha value is -1.99. The number of nitrogens with two attached hydrogens (primary N) is 1. The van der Waals surface area contributed by atoms with E-state index in [1.807, 2.05) is 12.1 Å². The van der Waals surface area contributed by atoms with Crippen molar-refractivity contribution < 1.29 is 4.42 Å². The second-order valence-corrected chi connectivity index (χ2v) is 5.51. The summed E-state index contributed by atoms with van der Waals surface area (Å²) in [6.45, 7) is 0. The van der Waals surface area contributed by atoms with E-state index in [1.165, 1.54) is 0 Å². The minimum Gasteiger partial charge on any atom is -0.457 e. The van der Waals surface area contributed by atoms with Crippen molar-refractivity contribution in [3.8, 4) is 6.07 Å². The molecule has 0 aliphatic rings. The van der Waals surface area contributed by atoms with E-state index in [0.29, 0.717) is 27.0 Å². The van der Waals surface area contributed by atoms with Gasteiger partial charge in [-0.05, 0) is 35.9 Å². The van der Waals surface area contributed by atoms with E-state index in [9.17, 15) is 0 Å². The van der Waals surface area contributed by atoms with Gasteiger partial charge in [-0.25, -0.2) is 0 Å². The minimum absolute atomic E-state index is 0.446. The van der Waals surface area contributed by atoms with Crippen LogP contribution in [0, 0.1) is 11.3 Å². The van der Waals surface area contributed by atoms with Crippen molar-refractivity contribution in [2.24, 2.45) is 5.73 Å². The summed E-state index contributed by atoms with van der Waals surface area (Å²) in [7, 11) is 0. The first kappa shape index (κ1) is 14.0. The summed E-state index contributed by atoms with van der Waals surface area (Å²) in [6, 6.07) is 14.0. The SMILES string of the molecule is N#Cc1cccc(C(N)c2cc3cc(Cl)cc(Cl)c3o2)c1. The zero-order valence-corrected chi connectivity index (χ0v) is 12.3. The lowest BCUT2D eigenvalue weighted by Gasteiger charge is -2.08. The van der Waals surface area contributed by atoms with Crippen LogP contribution in [0.2, 0.25) is 10.0 Å². The van der Waals surface area contributed by atoms with E-state index in [2.05, 4.69) is 6.07 Å². The van der Waals surface area contributed by atoms with E-state index in [1.54, 1.807) is 30.3 Å². The molecule has 0 saturated carbocycles. The van der Waals surface area contributed by atoms with Crippen molar-refractivity contribution in [2.75, 3.05) is 0 Å². The fourth-order valence-electron chi connectivity index (χ4n) is 2.21. The highest BCUT2D eigenvalue weighted by atomic mass is 35.5. The normalized spacial score (nSPS) is 12.3. The maximum absolute atomic E-state index is 8.95. The van der Waals surface area contributed by atoms with Gasteiger partial charge in [0.2, 0.25) is 0 Å². The molecule has 21 heavy (non-hydrogen) atoms. The van der Waals surface area contributed by atoms with Crippen molar-refractivity contribution in [3.63, 3.8) is 0 Å². The van der Waals surface area contributed by atoms with Crippen LogP contribution < -0.4 is 5.73 Å². The molecule has 0 radical (unpaired) electrons. The molecule has 0 aliphatic heterocycles. The summed E-state index contributed by atoms with van der Waals surface area (Å²) < 4.78 is 5.75. The van der Waals surface area contributed by atoms with Crippen molar-refractivity contribution in [2.45, 2.75) is 6.04 Å². The van der Waals surface area contributed by atoms with E-state index in [4.69, 9.17) is 38.6 Å². The molecule has 2 aromatic carbocycles. The smallest absolute Gasteiger partial charge is 0.153 e. The van der Waals surface area contributed by atoms with E-state index >= 15 is 0 Å². The molecule has 0 aliphatic carbocycles. The first-order valence-electron chi connectivity index (χ1n) is 6.22. The van der Waals surface area contributed by atoms with Crippen molar-refractivity contribution >= 4 is 34.2 Å². The number of rotatable bonds is 2. The number of fused-ring (bicyclic) bond motifs is 1. The summed E-state index contributed by atoms with van der Waals surface area (Å²) in [4.78, 5) is 0. The molecule has 3 nitrogen and oxygen atoms in total. The molecule has 3 rings (SSSR count). The third-order valence-electron chi connectivity index (χ3n) is 3.24. The molecule has 1 unspecified atom stereocenters. The lowest BCUT2D eigenvalue weighted by Crippen LogP contribution is -2.10. The standard InChI is InChI=1S/C16H10Cl2N2O/c17-12-5-11-6-14(21-16(11)13(18)7-12)15(20)10-3-1-2-9(4-10)8-19/h1-7,15H,20H2. The number of benzene rings is 2. The first-order chi connectivity index (χ1) is 10.1. The molecule has 5 heteroatoms. The fourth-order valence-corrected chi connectivity index (χ4v) is 2.76. The van der Waals surface area contributed by atoms with Gasteiger partial charge in [0.15, 0.2) is 5.58 Å². The molecule has 2 N–H and O–H groups in total. The van der Waals surface area contributed by atoms with Crippen molar-refractivity contribution in [3.05, 3.63) is 69.4 Å². The summed E-state index contributed by atoms with van der Waals surface area (Å²) in [5, 5.41) is 10.7. The van der Waals surface area contributed by atoms with Gasteiger partial charge in [-0.2, -0.15) is 5.26 Å². The second-order valence-electron chi connectivity index (χ2n) is 4.67. The molecular formula is C16H10Cl2N2O. The Balaban J connectivity index is 2.07. The number of nitriles is 1. The van der Waals surface area contributed by atoms with Gasteiger partial charge >= 0.3 is 0 Å². The molecule has 0 saturated heterocycles. The van der Waals surface area contributed by atoms with Gasteiger partial charge in [0, 0.05) is 10.4 Å². The average molecular weight is 317 g/mol. The molecule has 0 fully saturated rings. The fraction of sp³-hybridized carbons (Fsp3) is 0.0625. The molecule has 0 bridgehead atoms. The number of nitrogens with zero attached hydrogens (tertiary/aromatic N) is 1. The molecular weight excluding hydrogens is 307 g/mol. The Morgan fingerprint density at radius 1 is 1.14 bits per heavy atom. The molecule has 104 valence electrons. The summed E-state index contributed by atoms with van der Waals surface area (Å²) in [5.41, 5.74) is 8.13. The topological polar surface area (TPSA) is 63.0 Å². The van der Waals surface area contributed by atoms with Crippen LogP contribution in [0.1, 0.15) is 22.9 Å². The number of halogens is 2. The maximum Gasteiger partial charge on any atom is 0.153 e. The van der Waals surface area contributed by atoms with Gasteiger partial charge in [0.1, 0.15) is 5.76 Å². The van der Waals surface area contributed by atoms with Gasteiger partial charge in [-0.15, -0.1) is 0 Å². The van der Waals surface area contributed by atoms with Crippen LogP contribution in [-0.4, -0.2) is 0 Å². The van der Waals surface area contributed by atoms with Gasteiger partial charge < -0.3 is 10.2 Å². The van der Waals surface area contributed by atoms with Crippen molar-refractivity contribution in [1.29, 1.82) is 5.26 Å².